The molecule has 4 amide bonds. The lowest BCUT2D eigenvalue weighted by Crippen LogP contribution is -2.52. The van der Waals surface area contributed by atoms with E-state index in [1.165, 1.54) is 4.90 Å². The fraction of sp³-hybridized carbons (Fsp3) is 0.586. The quantitative estimate of drug-likeness (QED) is 0.419. The van der Waals surface area contributed by atoms with Gasteiger partial charge in [0.05, 0.1) is 0 Å². The SMILES string of the molecule is CC(C)(C)OC(=O)N(CCC#Cc1ccc2c(c1)CN(C1CCC(=O)NC1=O)C2=O)CCN1CCC(N)CC1. The summed E-state index contributed by atoms with van der Waals surface area (Å²) in [7, 11) is 0. The molecule has 0 aromatic heterocycles. The lowest BCUT2D eigenvalue weighted by molar-refractivity contribution is -0.136. The molecule has 1 aromatic carbocycles. The van der Waals surface area contributed by atoms with Crippen LogP contribution in [0, 0.1) is 11.8 Å². The number of hydrogen-bond acceptors (Lipinski definition) is 7. The second-order valence-electron chi connectivity index (χ2n) is 11.5. The number of fused-ring (bicyclic) bond motifs is 1. The number of likely N-dealkylation sites (tertiary alicyclic amines) is 1. The molecule has 0 bridgehead atoms. The Bertz CT molecular complexity index is 1170. The summed E-state index contributed by atoms with van der Waals surface area (Å²) in [5.41, 5.74) is 7.57. The number of amides is 4. The van der Waals surface area contributed by atoms with E-state index in [0.29, 0.717) is 38.0 Å². The summed E-state index contributed by atoms with van der Waals surface area (Å²) in [5.74, 6) is 5.36. The molecule has 1 atom stereocenters. The van der Waals surface area contributed by atoms with Crippen LogP contribution in [0.1, 0.15) is 74.4 Å². The van der Waals surface area contributed by atoms with Gasteiger partial charge in [0.25, 0.3) is 5.91 Å². The molecule has 0 aliphatic carbocycles. The highest BCUT2D eigenvalue weighted by Crippen LogP contribution is 2.28. The zero-order valence-electron chi connectivity index (χ0n) is 23.1. The number of benzene rings is 1. The third-order valence-corrected chi connectivity index (χ3v) is 7.23. The Hall–Kier alpha value is -3.42. The molecule has 1 unspecified atom stereocenters. The minimum absolute atomic E-state index is 0.206. The van der Waals surface area contributed by atoms with Gasteiger partial charge in [0.1, 0.15) is 11.6 Å². The zero-order chi connectivity index (χ0) is 28.2. The maximum atomic E-state index is 12.9. The molecule has 10 heteroatoms. The third-order valence-electron chi connectivity index (χ3n) is 7.23. The molecule has 10 nitrogen and oxygen atoms in total. The van der Waals surface area contributed by atoms with Crippen LogP contribution in [0.2, 0.25) is 0 Å². The highest BCUT2D eigenvalue weighted by molar-refractivity contribution is 6.05. The molecule has 3 aliphatic rings. The van der Waals surface area contributed by atoms with E-state index >= 15 is 0 Å². The highest BCUT2D eigenvalue weighted by Gasteiger charge is 2.39. The fourth-order valence-electron chi connectivity index (χ4n) is 5.07. The molecule has 0 radical (unpaired) electrons. The molecule has 1 aromatic rings. The summed E-state index contributed by atoms with van der Waals surface area (Å²) in [4.78, 5) is 55.0. The van der Waals surface area contributed by atoms with Crippen LogP contribution in [-0.4, -0.2) is 88.9 Å². The van der Waals surface area contributed by atoms with E-state index in [9.17, 15) is 19.2 Å². The third kappa shape index (κ3) is 7.58. The van der Waals surface area contributed by atoms with E-state index in [-0.39, 0.29) is 30.4 Å². The zero-order valence-corrected chi connectivity index (χ0v) is 23.1. The van der Waals surface area contributed by atoms with Crippen LogP contribution in [0.4, 0.5) is 4.79 Å². The largest absolute Gasteiger partial charge is 0.444 e. The second kappa shape index (κ2) is 12.2. The van der Waals surface area contributed by atoms with Gasteiger partial charge in [0, 0.05) is 56.2 Å². The lowest BCUT2D eigenvalue weighted by atomic mass is 10.0. The number of nitrogens with one attached hydrogen (secondary N) is 1. The van der Waals surface area contributed by atoms with E-state index in [4.69, 9.17) is 10.5 Å². The molecule has 0 saturated carbocycles. The number of nitrogens with zero attached hydrogens (tertiary/aromatic N) is 3. The van der Waals surface area contributed by atoms with Gasteiger partial charge in [-0.1, -0.05) is 11.8 Å². The van der Waals surface area contributed by atoms with Gasteiger partial charge in [-0.3, -0.25) is 19.7 Å². The maximum Gasteiger partial charge on any atom is 0.410 e. The number of carbonyl (C=O) groups is 4. The first kappa shape index (κ1) is 28.6. The average molecular weight is 538 g/mol. The monoisotopic (exact) mass is 537 g/mol. The van der Waals surface area contributed by atoms with Gasteiger partial charge in [0.15, 0.2) is 0 Å². The Kier molecular flexibility index (Phi) is 8.93. The molecule has 210 valence electrons. The van der Waals surface area contributed by atoms with Gasteiger partial charge < -0.3 is 25.2 Å². The molecule has 3 N–H and O–H groups in total. The maximum absolute atomic E-state index is 12.9. The second-order valence-corrected chi connectivity index (χ2v) is 11.5. The smallest absolute Gasteiger partial charge is 0.410 e. The van der Waals surface area contributed by atoms with Crippen molar-refractivity contribution in [1.82, 2.24) is 20.0 Å². The first-order chi connectivity index (χ1) is 18.5. The standard InChI is InChI=1S/C29H39N5O5/c1-29(2,3)39-28(38)33(17-16-32-14-11-22(30)12-15-32)13-5-4-6-20-7-8-23-21(18-20)19-34(27(23)37)24-9-10-25(35)31-26(24)36/h7-8,18,22,24H,5,9-17,19,30H2,1-3H3,(H,31,35,36). The number of imide groups is 1. The molecule has 3 aliphatic heterocycles. The summed E-state index contributed by atoms with van der Waals surface area (Å²) in [6.45, 7) is 9.52. The number of nitrogens with two attached hydrogens (primary N) is 1. The van der Waals surface area contributed by atoms with Gasteiger partial charge in [-0.15, -0.1) is 0 Å². The van der Waals surface area contributed by atoms with Crippen molar-refractivity contribution in [3.05, 3.63) is 34.9 Å². The molecule has 0 spiro atoms. The van der Waals surface area contributed by atoms with Crippen molar-refractivity contribution in [3.63, 3.8) is 0 Å². The van der Waals surface area contributed by atoms with E-state index in [1.807, 2.05) is 26.8 Å². The fourth-order valence-corrected chi connectivity index (χ4v) is 5.07. The number of ether oxygens (including phenoxy) is 1. The van der Waals surface area contributed by atoms with Gasteiger partial charge in [-0.05, 0) is 76.9 Å². The van der Waals surface area contributed by atoms with Crippen molar-refractivity contribution in [3.8, 4) is 11.8 Å². The average Bonchev–Trinajstić information content (AvgIpc) is 3.18. The van der Waals surface area contributed by atoms with Crippen molar-refractivity contribution in [2.75, 3.05) is 32.7 Å². The van der Waals surface area contributed by atoms with Gasteiger partial charge >= 0.3 is 6.09 Å². The minimum Gasteiger partial charge on any atom is -0.444 e. The predicted octanol–water partition coefficient (Wildman–Crippen LogP) is 1.85. The van der Waals surface area contributed by atoms with Crippen LogP contribution in [0.25, 0.3) is 0 Å². The van der Waals surface area contributed by atoms with Crippen molar-refractivity contribution < 1.29 is 23.9 Å². The Balaban J connectivity index is 1.35. The van der Waals surface area contributed by atoms with Crippen molar-refractivity contribution in [2.24, 2.45) is 5.73 Å². The van der Waals surface area contributed by atoms with Crippen LogP contribution < -0.4 is 11.1 Å². The lowest BCUT2D eigenvalue weighted by Gasteiger charge is -2.33. The van der Waals surface area contributed by atoms with Gasteiger partial charge in [0.2, 0.25) is 11.8 Å². The molecular formula is C29H39N5O5. The molecule has 2 saturated heterocycles. The van der Waals surface area contributed by atoms with Crippen molar-refractivity contribution >= 4 is 23.8 Å². The molecule has 4 rings (SSSR count). The van der Waals surface area contributed by atoms with Crippen LogP contribution in [0.5, 0.6) is 0 Å². The molecular weight excluding hydrogens is 498 g/mol. The minimum atomic E-state index is -0.641. The van der Waals surface area contributed by atoms with Crippen LogP contribution >= 0.6 is 0 Å². The first-order valence-electron chi connectivity index (χ1n) is 13.7. The van der Waals surface area contributed by atoms with E-state index in [1.54, 1.807) is 17.0 Å². The molecule has 39 heavy (non-hydrogen) atoms. The summed E-state index contributed by atoms with van der Waals surface area (Å²) in [5, 5.41) is 2.32. The Morgan fingerprint density at radius 2 is 1.90 bits per heavy atom. The number of hydrogen-bond donors (Lipinski definition) is 2. The highest BCUT2D eigenvalue weighted by atomic mass is 16.6. The summed E-state index contributed by atoms with van der Waals surface area (Å²) in [6, 6.07) is 5.03. The Labute approximate surface area is 230 Å². The van der Waals surface area contributed by atoms with E-state index in [0.717, 1.165) is 43.6 Å². The van der Waals surface area contributed by atoms with Crippen LogP contribution in [0.15, 0.2) is 18.2 Å². The normalized spacial score (nSPS) is 20.3. The number of piperidine rings is 2. The predicted molar refractivity (Wildman–Crippen MR) is 145 cm³/mol. The van der Waals surface area contributed by atoms with Crippen LogP contribution in [-0.2, 0) is 20.9 Å². The van der Waals surface area contributed by atoms with Gasteiger partial charge in [-0.25, -0.2) is 4.79 Å². The molecule has 2 fully saturated rings. The van der Waals surface area contributed by atoms with Crippen LogP contribution in [0.3, 0.4) is 0 Å². The first-order valence-corrected chi connectivity index (χ1v) is 13.7. The summed E-state index contributed by atoms with van der Waals surface area (Å²) in [6.07, 6.45) is 2.62. The van der Waals surface area contributed by atoms with E-state index in [2.05, 4.69) is 22.1 Å². The van der Waals surface area contributed by atoms with Crippen molar-refractivity contribution in [2.45, 2.75) is 77.1 Å². The summed E-state index contributed by atoms with van der Waals surface area (Å²) < 4.78 is 5.62. The number of rotatable bonds is 6. The van der Waals surface area contributed by atoms with Crippen molar-refractivity contribution in [1.29, 1.82) is 0 Å². The summed E-state index contributed by atoms with van der Waals surface area (Å²) >= 11 is 0. The Morgan fingerprint density at radius 3 is 2.59 bits per heavy atom. The molecule has 3 heterocycles. The van der Waals surface area contributed by atoms with E-state index < -0.39 is 17.6 Å². The number of carbonyl (C=O) groups excluding carboxylic acids is 4. The topological polar surface area (TPSA) is 125 Å². The van der Waals surface area contributed by atoms with Gasteiger partial charge in [-0.2, -0.15) is 0 Å². The Morgan fingerprint density at radius 1 is 1.15 bits per heavy atom.